The van der Waals surface area contributed by atoms with Gasteiger partial charge in [0.15, 0.2) is 16.9 Å². The summed E-state index contributed by atoms with van der Waals surface area (Å²) in [7, 11) is 1.43. The van der Waals surface area contributed by atoms with E-state index in [0.717, 1.165) is 18.4 Å². The van der Waals surface area contributed by atoms with Crippen molar-refractivity contribution in [3.63, 3.8) is 0 Å². The Balaban J connectivity index is 1.43. The number of benzene rings is 4. The Labute approximate surface area is 246 Å². The van der Waals surface area contributed by atoms with Gasteiger partial charge in [0.1, 0.15) is 22.5 Å². The van der Waals surface area contributed by atoms with Gasteiger partial charge in [-0.05, 0) is 83.5 Å². The molecular weight excluding hydrogens is 546 g/mol. The molecule has 6 aromatic rings. The Morgan fingerprint density at radius 2 is 1.84 bits per heavy atom. The van der Waals surface area contributed by atoms with Gasteiger partial charge in [-0.3, -0.25) is 4.79 Å². The lowest BCUT2D eigenvalue weighted by Gasteiger charge is -2.27. The largest absolute Gasteiger partial charge is 0.508 e. The number of ether oxygens (including phenoxy) is 2. The second-order valence-electron chi connectivity index (χ2n) is 11.0. The fourth-order valence-electron chi connectivity index (χ4n) is 6.53. The van der Waals surface area contributed by atoms with Crippen molar-refractivity contribution in [3.05, 3.63) is 93.8 Å². The molecule has 2 heterocycles. The molecule has 0 fully saturated rings. The van der Waals surface area contributed by atoms with Gasteiger partial charge >= 0.3 is 0 Å². The smallest absolute Gasteiger partial charge is 0.204 e. The van der Waals surface area contributed by atoms with Crippen LogP contribution in [0.3, 0.4) is 0 Å². The SMILES string of the molecule is COc1c(O)c(CC2CCc3cc4[nH]ccc4c4cccc2c34)c2oc(-c3ccc(O)cc3)cc(=O)c2c1OCCCO. The monoisotopic (exact) mass is 577 g/mol. The Bertz CT molecular complexity index is 2060. The van der Waals surface area contributed by atoms with E-state index >= 15 is 0 Å². The number of aromatic amines is 1. The van der Waals surface area contributed by atoms with E-state index in [0.29, 0.717) is 29.7 Å². The summed E-state index contributed by atoms with van der Waals surface area (Å²) < 4.78 is 18.0. The van der Waals surface area contributed by atoms with Crippen LogP contribution in [-0.4, -0.2) is 40.6 Å². The van der Waals surface area contributed by atoms with Gasteiger partial charge in [0.05, 0.1) is 13.7 Å². The van der Waals surface area contributed by atoms with Crippen LogP contribution in [0, 0.1) is 0 Å². The Kier molecular flexibility index (Phi) is 6.70. The number of fused-ring (bicyclic) bond motifs is 3. The van der Waals surface area contributed by atoms with Gasteiger partial charge in [0.25, 0.3) is 0 Å². The second-order valence-corrected chi connectivity index (χ2v) is 11.0. The summed E-state index contributed by atoms with van der Waals surface area (Å²) in [6.07, 6.45) is 4.42. The van der Waals surface area contributed by atoms with Crippen molar-refractivity contribution in [3.8, 4) is 34.3 Å². The van der Waals surface area contributed by atoms with Gasteiger partial charge in [-0.1, -0.05) is 18.2 Å². The maximum Gasteiger partial charge on any atom is 0.204 e. The zero-order chi connectivity index (χ0) is 29.7. The molecule has 4 N–H and O–H groups in total. The number of aliphatic hydroxyl groups excluding tert-OH is 1. The molecule has 0 saturated heterocycles. The summed E-state index contributed by atoms with van der Waals surface area (Å²) in [4.78, 5) is 17.1. The van der Waals surface area contributed by atoms with Crippen LogP contribution in [0.4, 0.5) is 0 Å². The van der Waals surface area contributed by atoms with Crippen molar-refractivity contribution in [2.45, 2.75) is 31.6 Å². The standard InChI is InChI=1S/C35H31NO7/c1-41-35-32(40)26(16-20-6-7-21-17-27-24(12-13-36-27)25-5-2-4-23(20)30(21)25)33-31(34(35)42-15-3-14-37)28(39)18-29(43-33)19-8-10-22(38)11-9-19/h2,4-5,8-13,17-18,20,36-38,40H,3,6-7,14-16H2,1H3. The molecule has 8 nitrogen and oxygen atoms in total. The molecule has 1 unspecified atom stereocenters. The first-order chi connectivity index (χ1) is 21.0. The van der Waals surface area contributed by atoms with E-state index in [-0.39, 0.29) is 58.5 Å². The lowest BCUT2D eigenvalue weighted by atomic mass is 9.77. The van der Waals surface area contributed by atoms with Crippen LogP contribution in [0.25, 0.3) is 44.0 Å². The third-order valence-electron chi connectivity index (χ3n) is 8.52. The summed E-state index contributed by atoms with van der Waals surface area (Å²) in [5.74, 6) is 0.445. The number of hydrogen-bond acceptors (Lipinski definition) is 7. The van der Waals surface area contributed by atoms with Crippen molar-refractivity contribution in [1.82, 2.24) is 4.98 Å². The van der Waals surface area contributed by atoms with Crippen molar-refractivity contribution in [1.29, 1.82) is 0 Å². The number of aryl methyl sites for hydroxylation is 1. The van der Waals surface area contributed by atoms with Crippen LogP contribution >= 0.6 is 0 Å². The maximum atomic E-state index is 13.8. The molecule has 0 spiro atoms. The molecule has 218 valence electrons. The predicted octanol–water partition coefficient (Wildman–Crippen LogP) is 6.55. The average Bonchev–Trinajstić information content (AvgIpc) is 3.49. The van der Waals surface area contributed by atoms with Crippen LogP contribution in [0.5, 0.6) is 23.0 Å². The molecule has 7 rings (SSSR count). The zero-order valence-electron chi connectivity index (χ0n) is 23.6. The highest BCUT2D eigenvalue weighted by Crippen LogP contribution is 2.49. The number of phenolic OH excluding ortho intramolecular Hbond substituents is 2. The van der Waals surface area contributed by atoms with Gasteiger partial charge in [-0.25, -0.2) is 0 Å². The first-order valence-corrected chi connectivity index (χ1v) is 14.4. The molecule has 0 bridgehead atoms. The Hall–Kier alpha value is -4.95. The number of aromatic hydroxyl groups is 2. The molecule has 0 amide bonds. The van der Waals surface area contributed by atoms with Crippen LogP contribution in [0.15, 0.2) is 76.1 Å². The van der Waals surface area contributed by atoms with Gasteiger partial charge in [-0.15, -0.1) is 0 Å². The van der Waals surface area contributed by atoms with Crippen molar-refractivity contribution in [2.24, 2.45) is 0 Å². The molecule has 1 aliphatic rings. The van der Waals surface area contributed by atoms with Crippen molar-refractivity contribution in [2.75, 3.05) is 20.3 Å². The first kappa shape index (κ1) is 26.9. The molecule has 43 heavy (non-hydrogen) atoms. The first-order valence-electron chi connectivity index (χ1n) is 14.4. The normalized spacial score (nSPS) is 14.5. The third-order valence-corrected chi connectivity index (χ3v) is 8.52. The van der Waals surface area contributed by atoms with Crippen molar-refractivity contribution < 1.29 is 29.2 Å². The van der Waals surface area contributed by atoms with E-state index < -0.39 is 0 Å². The van der Waals surface area contributed by atoms with E-state index in [1.54, 1.807) is 12.1 Å². The average molecular weight is 578 g/mol. The topological polar surface area (TPSA) is 125 Å². The number of H-pyrrole nitrogens is 1. The highest BCUT2D eigenvalue weighted by Gasteiger charge is 2.30. The Morgan fingerprint density at radius 1 is 1.00 bits per heavy atom. The minimum absolute atomic E-state index is 0.0372. The number of nitrogens with one attached hydrogen (secondary N) is 1. The van der Waals surface area contributed by atoms with E-state index in [9.17, 15) is 20.1 Å². The Morgan fingerprint density at radius 3 is 2.63 bits per heavy atom. The molecular formula is C35H31NO7. The fraction of sp³-hybridized carbons (Fsp3) is 0.229. The zero-order valence-corrected chi connectivity index (χ0v) is 23.6. The number of methoxy groups -OCH3 is 1. The van der Waals surface area contributed by atoms with Gasteiger partial charge in [-0.2, -0.15) is 0 Å². The second kappa shape index (κ2) is 10.7. The number of aromatic nitrogens is 1. The van der Waals surface area contributed by atoms with Crippen molar-refractivity contribution >= 4 is 32.6 Å². The quantitative estimate of drug-likeness (QED) is 0.151. The van der Waals surface area contributed by atoms with Crippen LogP contribution in [-0.2, 0) is 12.8 Å². The van der Waals surface area contributed by atoms with E-state index in [1.807, 2.05) is 6.20 Å². The predicted molar refractivity (Wildman–Crippen MR) is 166 cm³/mol. The maximum absolute atomic E-state index is 13.8. The highest BCUT2D eigenvalue weighted by molar-refractivity contribution is 6.09. The van der Waals surface area contributed by atoms with Crippen LogP contribution < -0.4 is 14.9 Å². The summed E-state index contributed by atoms with van der Waals surface area (Å²) >= 11 is 0. The molecule has 0 aliphatic heterocycles. The van der Waals surface area contributed by atoms with E-state index in [2.05, 4.69) is 35.3 Å². The summed E-state index contributed by atoms with van der Waals surface area (Å²) in [6, 6.07) is 18.5. The summed E-state index contributed by atoms with van der Waals surface area (Å²) in [5, 5.41) is 34.6. The molecule has 1 atom stereocenters. The molecule has 8 heteroatoms. The number of hydrogen-bond donors (Lipinski definition) is 4. The lowest BCUT2D eigenvalue weighted by Crippen LogP contribution is -2.14. The van der Waals surface area contributed by atoms with Crippen LogP contribution in [0.1, 0.15) is 35.4 Å². The molecule has 0 radical (unpaired) electrons. The van der Waals surface area contributed by atoms with Gasteiger partial charge < -0.3 is 34.2 Å². The molecule has 4 aromatic carbocycles. The number of phenols is 2. The minimum atomic E-state index is -0.353. The number of rotatable bonds is 8. The summed E-state index contributed by atoms with van der Waals surface area (Å²) in [6.45, 7) is 0.0304. The highest BCUT2D eigenvalue weighted by atomic mass is 16.5. The molecule has 2 aromatic heterocycles. The number of aliphatic hydroxyl groups is 1. The van der Waals surface area contributed by atoms with Crippen LogP contribution in [0.2, 0.25) is 0 Å². The van der Waals surface area contributed by atoms with E-state index in [1.165, 1.54) is 52.6 Å². The van der Waals surface area contributed by atoms with Gasteiger partial charge in [0, 0.05) is 47.3 Å². The van der Waals surface area contributed by atoms with Gasteiger partial charge in [0.2, 0.25) is 5.75 Å². The summed E-state index contributed by atoms with van der Waals surface area (Å²) in [5.41, 5.74) is 4.54. The lowest BCUT2D eigenvalue weighted by molar-refractivity contribution is 0.228. The minimum Gasteiger partial charge on any atom is -0.508 e. The van der Waals surface area contributed by atoms with E-state index in [4.69, 9.17) is 13.9 Å². The fourth-order valence-corrected chi connectivity index (χ4v) is 6.53. The third kappa shape index (κ3) is 4.46. The molecule has 1 aliphatic carbocycles. The molecule has 0 saturated carbocycles.